The maximum atomic E-state index is 12.7. The average molecular weight is 457 g/mol. The number of hydrogen-bond acceptors (Lipinski definition) is 6. The highest BCUT2D eigenvalue weighted by atomic mass is 16.5. The highest BCUT2D eigenvalue weighted by Gasteiger charge is 2.15. The Morgan fingerprint density at radius 1 is 0.941 bits per heavy atom. The van der Waals surface area contributed by atoms with Crippen LogP contribution in [0.1, 0.15) is 21.7 Å². The maximum Gasteiger partial charge on any atom is 0.253 e. The van der Waals surface area contributed by atoms with E-state index in [-0.39, 0.29) is 5.91 Å². The Hall–Kier alpha value is -4.13. The van der Waals surface area contributed by atoms with Crippen molar-refractivity contribution in [2.45, 2.75) is 13.5 Å². The number of carbonyl (C=O) groups is 1. The Morgan fingerprint density at radius 2 is 1.68 bits per heavy atom. The van der Waals surface area contributed by atoms with E-state index in [1.54, 1.807) is 33.2 Å². The van der Waals surface area contributed by atoms with Gasteiger partial charge in [0.1, 0.15) is 11.6 Å². The summed E-state index contributed by atoms with van der Waals surface area (Å²) in [5.74, 6) is 2.60. The molecule has 0 fully saturated rings. The van der Waals surface area contributed by atoms with Crippen LogP contribution in [0, 0.1) is 6.92 Å². The third-order valence-corrected chi connectivity index (χ3v) is 5.57. The van der Waals surface area contributed by atoms with Crippen LogP contribution in [0.25, 0.3) is 22.0 Å². The first kappa shape index (κ1) is 23.0. The molecule has 0 aliphatic rings. The minimum Gasteiger partial charge on any atom is -0.493 e. The van der Waals surface area contributed by atoms with E-state index >= 15 is 0 Å². The van der Waals surface area contributed by atoms with Crippen LogP contribution in [0.2, 0.25) is 0 Å². The highest BCUT2D eigenvalue weighted by Crippen LogP contribution is 2.34. The molecule has 1 aromatic heterocycles. The molecule has 0 radical (unpaired) electrons. The second kappa shape index (κ2) is 9.79. The van der Waals surface area contributed by atoms with Crippen molar-refractivity contribution >= 4 is 22.6 Å². The third-order valence-electron chi connectivity index (χ3n) is 5.57. The number of anilines is 1. The molecule has 7 nitrogen and oxygen atoms in total. The lowest BCUT2D eigenvalue weighted by Crippen LogP contribution is -2.22. The molecule has 0 spiro atoms. The molecule has 0 aliphatic heterocycles. The van der Waals surface area contributed by atoms with E-state index in [9.17, 15) is 4.79 Å². The number of ether oxygens (including phenoxy) is 2. The van der Waals surface area contributed by atoms with E-state index in [0.29, 0.717) is 29.4 Å². The number of aryl methyl sites for hydroxylation is 1. The van der Waals surface area contributed by atoms with Gasteiger partial charge in [-0.25, -0.2) is 9.97 Å². The summed E-state index contributed by atoms with van der Waals surface area (Å²) in [5.41, 5.74) is 4.41. The molecule has 1 heterocycles. The van der Waals surface area contributed by atoms with Gasteiger partial charge in [0.25, 0.3) is 5.91 Å². The zero-order chi connectivity index (χ0) is 24.2. The lowest BCUT2D eigenvalue weighted by atomic mass is 9.97. The fourth-order valence-corrected chi connectivity index (χ4v) is 3.90. The van der Waals surface area contributed by atoms with Crippen molar-refractivity contribution < 1.29 is 14.3 Å². The van der Waals surface area contributed by atoms with Gasteiger partial charge in [-0.3, -0.25) is 4.79 Å². The van der Waals surface area contributed by atoms with E-state index in [1.807, 2.05) is 61.5 Å². The zero-order valence-corrected chi connectivity index (χ0v) is 20.0. The first-order valence-corrected chi connectivity index (χ1v) is 11.0. The van der Waals surface area contributed by atoms with Gasteiger partial charge in [0.15, 0.2) is 11.5 Å². The number of rotatable bonds is 7. The highest BCUT2D eigenvalue weighted by molar-refractivity contribution is 6.00. The van der Waals surface area contributed by atoms with Gasteiger partial charge in [0.2, 0.25) is 0 Å². The average Bonchev–Trinajstić information content (AvgIpc) is 2.86. The molecule has 4 rings (SSSR count). The molecule has 34 heavy (non-hydrogen) atoms. The number of aromatic nitrogens is 2. The number of carbonyl (C=O) groups excluding carboxylic acids is 1. The molecular formula is C27H28N4O3. The summed E-state index contributed by atoms with van der Waals surface area (Å²) >= 11 is 0. The van der Waals surface area contributed by atoms with Crippen molar-refractivity contribution in [1.29, 1.82) is 0 Å². The molecule has 0 atom stereocenters. The summed E-state index contributed by atoms with van der Waals surface area (Å²) in [6.45, 7) is 2.41. The number of amides is 1. The van der Waals surface area contributed by atoms with E-state index in [2.05, 4.69) is 21.4 Å². The molecule has 174 valence electrons. The molecule has 0 aliphatic carbocycles. The molecule has 0 saturated heterocycles. The number of benzene rings is 3. The van der Waals surface area contributed by atoms with Gasteiger partial charge in [-0.05, 0) is 41.8 Å². The summed E-state index contributed by atoms with van der Waals surface area (Å²) < 4.78 is 10.9. The molecule has 3 aromatic carbocycles. The van der Waals surface area contributed by atoms with Crippen LogP contribution < -0.4 is 14.8 Å². The predicted molar refractivity (Wildman–Crippen MR) is 135 cm³/mol. The number of fused-ring (bicyclic) bond motifs is 1. The third kappa shape index (κ3) is 4.64. The first-order chi connectivity index (χ1) is 16.4. The van der Waals surface area contributed by atoms with Crippen LogP contribution in [-0.2, 0) is 6.54 Å². The Kier molecular flexibility index (Phi) is 6.63. The minimum absolute atomic E-state index is 0.0218. The SMILES string of the molecule is COc1cc2nc(C)nc(NCc3cccc(-c4ccccc4C(=O)N(C)C)c3)c2cc1OC. The molecule has 0 unspecified atom stereocenters. The molecule has 0 bridgehead atoms. The second-order valence-corrected chi connectivity index (χ2v) is 8.14. The van der Waals surface area contributed by atoms with Crippen molar-refractivity contribution in [2.75, 3.05) is 33.6 Å². The fourth-order valence-electron chi connectivity index (χ4n) is 3.90. The Labute approximate surface area is 199 Å². The fraction of sp³-hybridized carbons (Fsp3) is 0.222. The van der Waals surface area contributed by atoms with Crippen molar-refractivity contribution in [3.63, 3.8) is 0 Å². The monoisotopic (exact) mass is 456 g/mol. The van der Waals surface area contributed by atoms with E-state index < -0.39 is 0 Å². The summed E-state index contributed by atoms with van der Waals surface area (Å²) in [6, 6.07) is 19.6. The molecule has 1 N–H and O–H groups in total. The molecule has 7 heteroatoms. The number of nitrogens with one attached hydrogen (secondary N) is 1. The van der Waals surface area contributed by atoms with E-state index in [0.717, 1.165) is 33.4 Å². The van der Waals surface area contributed by atoms with Crippen LogP contribution in [0.5, 0.6) is 11.5 Å². The Morgan fingerprint density at radius 3 is 2.41 bits per heavy atom. The smallest absolute Gasteiger partial charge is 0.253 e. The van der Waals surface area contributed by atoms with Gasteiger partial charge in [-0.2, -0.15) is 0 Å². The molecule has 1 amide bonds. The standard InChI is InChI=1S/C27H28N4O3/c1-17-29-23-15-25(34-5)24(33-4)14-22(23)26(30-17)28-16-18-9-8-10-19(13-18)20-11-6-7-12-21(20)27(32)31(2)3/h6-15H,16H2,1-5H3,(H,28,29,30). The van der Waals surface area contributed by atoms with E-state index in [1.165, 1.54) is 0 Å². The molecular weight excluding hydrogens is 428 g/mol. The van der Waals surface area contributed by atoms with Gasteiger partial charge in [0, 0.05) is 37.7 Å². The van der Waals surface area contributed by atoms with Crippen LogP contribution >= 0.6 is 0 Å². The summed E-state index contributed by atoms with van der Waals surface area (Å²) in [5, 5.41) is 4.29. The summed E-state index contributed by atoms with van der Waals surface area (Å²) in [6.07, 6.45) is 0. The van der Waals surface area contributed by atoms with Gasteiger partial charge in [0.05, 0.1) is 19.7 Å². The largest absolute Gasteiger partial charge is 0.493 e. The van der Waals surface area contributed by atoms with Crippen LogP contribution in [-0.4, -0.2) is 49.1 Å². The lowest BCUT2D eigenvalue weighted by molar-refractivity contribution is 0.0828. The summed E-state index contributed by atoms with van der Waals surface area (Å²) in [7, 11) is 6.74. The van der Waals surface area contributed by atoms with Gasteiger partial charge >= 0.3 is 0 Å². The first-order valence-electron chi connectivity index (χ1n) is 11.0. The molecule has 4 aromatic rings. The number of methoxy groups -OCH3 is 2. The summed E-state index contributed by atoms with van der Waals surface area (Å²) in [4.78, 5) is 23.4. The lowest BCUT2D eigenvalue weighted by Gasteiger charge is -2.15. The predicted octanol–water partition coefficient (Wildman–Crippen LogP) is 4.94. The van der Waals surface area contributed by atoms with Crippen LogP contribution in [0.4, 0.5) is 5.82 Å². The Balaban J connectivity index is 1.66. The van der Waals surface area contributed by atoms with Crippen molar-refractivity contribution in [2.24, 2.45) is 0 Å². The zero-order valence-electron chi connectivity index (χ0n) is 20.0. The van der Waals surface area contributed by atoms with E-state index in [4.69, 9.17) is 9.47 Å². The van der Waals surface area contributed by atoms with Gasteiger partial charge < -0.3 is 19.7 Å². The maximum absolute atomic E-state index is 12.7. The molecule has 0 saturated carbocycles. The van der Waals surface area contributed by atoms with Gasteiger partial charge in [-0.15, -0.1) is 0 Å². The second-order valence-electron chi connectivity index (χ2n) is 8.14. The van der Waals surface area contributed by atoms with Crippen LogP contribution in [0.15, 0.2) is 60.7 Å². The van der Waals surface area contributed by atoms with Crippen LogP contribution in [0.3, 0.4) is 0 Å². The topological polar surface area (TPSA) is 76.6 Å². The minimum atomic E-state index is -0.0218. The number of nitrogens with zero attached hydrogens (tertiary/aromatic N) is 3. The normalized spacial score (nSPS) is 10.7. The number of hydrogen-bond donors (Lipinski definition) is 1. The van der Waals surface area contributed by atoms with Crippen molar-refractivity contribution in [3.05, 3.63) is 77.6 Å². The van der Waals surface area contributed by atoms with Crippen molar-refractivity contribution in [1.82, 2.24) is 14.9 Å². The quantitative estimate of drug-likeness (QED) is 0.425. The van der Waals surface area contributed by atoms with Crippen molar-refractivity contribution in [3.8, 4) is 22.6 Å². The Bertz CT molecular complexity index is 1350. The van der Waals surface area contributed by atoms with Gasteiger partial charge in [-0.1, -0.05) is 36.4 Å².